The van der Waals surface area contributed by atoms with E-state index < -0.39 is 12.0 Å². The fourth-order valence-corrected chi connectivity index (χ4v) is 2.05. The first-order chi connectivity index (χ1) is 10.9. The van der Waals surface area contributed by atoms with Crippen molar-refractivity contribution < 1.29 is 14.3 Å². The molecule has 1 aromatic rings. The lowest BCUT2D eigenvalue weighted by Crippen LogP contribution is -2.42. The maximum absolute atomic E-state index is 12.1. The first kappa shape index (κ1) is 18.7. The summed E-state index contributed by atoms with van der Waals surface area (Å²) < 4.78 is 4.74. The van der Waals surface area contributed by atoms with Gasteiger partial charge in [-0.15, -0.1) is 0 Å². The second-order valence-electron chi connectivity index (χ2n) is 5.68. The number of H-pyrrole nitrogens is 1. The zero-order chi connectivity index (χ0) is 17.2. The van der Waals surface area contributed by atoms with Gasteiger partial charge in [-0.3, -0.25) is 4.79 Å². The molecule has 0 saturated carbocycles. The first-order valence-electron chi connectivity index (χ1n) is 7.58. The summed E-state index contributed by atoms with van der Waals surface area (Å²) in [6.07, 6.45) is 8.81. The molecule has 1 heterocycles. The van der Waals surface area contributed by atoms with Crippen LogP contribution in [0.5, 0.6) is 0 Å². The second kappa shape index (κ2) is 9.61. The fourth-order valence-electron chi connectivity index (χ4n) is 2.05. The van der Waals surface area contributed by atoms with E-state index in [1.165, 1.54) is 25.1 Å². The lowest BCUT2D eigenvalue weighted by atomic mass is 10.1. The average molecular weight is 319 g/mol. The molecule has 1 atom stereocenters. The Bertz CT molecular complexity index is 570. The van der Waals surface area contributed by atoms with Crippen LogP contribution in [0.25, 0.3) is 0 Å². The Morgan fingerprint density at radius 1 is 1.39 bits per heavy atom. The van der Waals surface area contributed by atoms with E-state index in [2.05, 4.69) is 21.4 Å². The molecule has 0 saturated heterocycles. The van der Waals surface area contributed by atoms with E-state index in [9.17, 15) is 9.59 Å². The Morgan fingerprint density at radius 2 is 2.13 bits per heavy atom. The predicted molar refractivity (Wildman–Crippen MR) is 88.7 cm³/mol. The minimum atomic E-state index is -0.741. The molecule has 0 fully saturated rings. The van der Waals surface area contributed by atoms with Gasteiger partial charge in [0.1, 0.15) is 6.04 Å². The number of methoxy groups -OCH3 is 1. The van der Waals surface area contributed by atoms with Crippen molar-refractivity contribution in [3.8, 4) is 0 Å². The minimum Gasteiger partial charge on any atom is -0.467 e. The lowest BCUT2D eigenvalue weighted by Gasteiger charge is -2.14. The SMILES string of the molecule is COC(=O)C(Cc1cnc[nH]1)NC(=O)C=C(C)CCC=C(C)C. The van der Waals surface area contributed by atoms with Gasteiger partial charge in [0, 0.05) is 24.4 Å². The number of allylic oxidation sites excluding steroid dienone is 3. The normalized spacial score (nSPS) is 12.4. The Labute approximate surface area is 137 Å². The number of esters is 1. The van der Waals surface area contributed by atoms with Crippen LogP contribution < -0.4 is 5.32 Å². The molecule has 126 valence electrons. The van der Waals surface area contributed by atoms with Gasteiger partial charge >= 0.3 is 5.97 Å². The monoisotopic (exact) mass is 319 g/mol. The quantitative estimate of drug-likeness (QED) is 0.437. The van der Waals surface area contributed by atoms with Crippen molar-refractivity contribution in [2.24, 2.45) is 0 Å². The summed E-state index contributed by atoms with van der Waals surface area (Å²) in [5.41, 5.74) is 2.97. The van der Waals surface area contributed by atoms with Crippen LogP contribution >= 0.6 is 0 Å². The number of nitrogens with zero attached hydrogens (tertiary/aromatic N) is 1. The van der Waals surface area contributed by atoms with E-state index in [-0.39, 0.29) is 5.91 Å². The highest BCUT2D eigenvalue weighted by Gasteiger charge is 2.21. The van der Waals surface area contributed by atoms with Crippen molar-refractivity contribution in [2.75, 3.05) is 7.11 Å². The molecule has 0 radical (unpaired) electrons. The van der Waals surface area contributed by atoms with Gasteiger partial charge in [0.25, 0.3) is 0 Å². The topological polar surface area (TPSA) is 84.1 Å². The standard InChI is InChI=1S/C17H25N3O3/c1-12(2)6-5-7-13(3)8-16(21)20-15(17(22)23-4)9-14-10-18-11-19-14/h6,8,10-11,15H,5,7,9H2,1-4H3,(H,18,19)(H,20,21). The third-order valence-electron chi connectivity index (χ3n) is 3.25. The van der Waals surface area contributed by atoms with Crippen LogP contribution in [0.4, 0.5) is 0 Å². The molecule has 1 unspecified atom stereocenters. The van der Waals surface area contributed by atoms with Crippen LogP contribution in [0.15, 0.2) is 35.8 Å². The molecule has 0 spiro atoms. The Balaban J connectivity index is 2.62. The number of aromatic nitrogens is 2. The van der Waals surface area contributed by atoms with Gasteiger partial charge in [-0.1, -0.05) is 17.2 Å². The average Bonchev–Trinajstić information content (AvgIpc) is 2.98. The molecule has 0 aromatic carbocycles. The van der Waals surface area contributed by atoms with Crippen molar-refractivity contribution in [3.63, 3.8) is 0 Å². The zero-order valence-corrected chi connectivity index (χ0v) is 14.2. The van der Waals surface area contributed by atoms with E-state index in [0.29, 0.717) is 6.42 Å². The van der Waals surface area contributed by atoms with E-state index in [1.54, 1.807) is 6.20 Å². The Kier molecular flexibility index (Phi) is 7.80. The van der Waals surface area contributed by atoms with Crippen LogP contribution in [0.3, 0.4) is 0 Å². The molecule has 6 nitrogen and oxygen atoms in total. The van der Waals surface area contributed by atoms with Crippen LogP contribution in [-0.2, 0) is 20.7 Å². The van der Waals surface area contributed by atoms with Gasteiger partial charge in [0.05, 0.1) is 13.4 Å². The Hall–Kier alpha value is -2.37. The molecule has 0 bridgehead atoms. The summed E-state index contributed by atoms with van der Waals surface area (Å²) in [5, 5.41) is 2.68. The van der Waals surface area contributed by atoms with Gasteiger partial charge in [0.2, 0.25) is 5.91 Å². The number of ether oxygens (including phenoxy) is 1. The smallest absolute Gasteiger partial charge is 0.328 e. The summed E-state index contributed by atoms with van der Waals surface area (Å²) in [6, 6.07) is -0.741. The van der Waals surface area contributed by atoms with Crippen molar-refractivity contribution in [1.82, 2.24) is 15.3 Å². The molecular weight excluding hydrogens is 294 g/mol. The minimum absolute atomic E-state index is 0.297. The highest BCUT2D eigenvalue weighted by Crippen LogP contribution is 2.07. The maximum Gasteiger partial charge on any atom is 0.328 e. The third kappa shape index (κ3) is 7.44. The van der Waals surface area contributed by atoms with E-state index >= 15 is 0 Å². The molecule has 1 rings (SSSR count). The molecule has 1 aromatic heterocycles. The summed E-state index contributed by atoms with van der Waals surface area (Å²) in [7, 11) is 1.30. The van der Waals surface area contributed by atoms with E-state index in [0.717, 1.165) is 24.1 Å². The molecule has 0 aliphatic carbocycles. The van der Waals surface area contributed by atoms with Gasteiger partial charge in [-0.2, -0.15) is 0 Å². The predicted octanol–water partition coefficient (Wildman–Crippen LogP) is 2.30. The highest BCUT2D eigenvalue weighted by atomic mass is 16.5. The lowest BCUT2D eigenvalue weighted by molar-refractivity contribution is -0.144. The Morgan fingerprint density at radius 3 is 2.70 bits per heavy atom. The van der Waals surface area contributed by atoms with E-state index in [4.69, 9.17) is 4.74 Å². The number of carbonyl (C=O) groups is 2. The molecule has 0 aliphatic heterocycles. The summed E-state index contributed by atoms with van der Waals surface area (Å²) in [6.45, 7) is 5.99. The van der Waals surface area contributed by atoms with Crippen LogP contribution in [0.1, 0.15) is 39.3 Å². The third-order valence-corrected chi connectivity index (χ3v) is 3.25. The van der Waals surface area contributed by atoms with Crippen molar-refractivity contribution >= 4 is 11.9 Å². The number of rotatable bonds is 8. The number of imidazole rings is 1. The number of nitrogens with one attached hydrogen (secondary N) is 2. The molecule has 0 aliphatic rings. The van der Waals surface area contributed by atoms with Crippen LogP contribution in [-0.4, -0.2) is 35.0 Å². The summed E-state index contributed by atoms with van der Waals surface area (Å²) in [4.78, 5) is 30.7. The highest BCUT2D eigenvalue weighted by molar-refractivity contribution is 5.92. The molecule has 6 heteroatoms. The van der Waals surface area contributed by atoms with E-state index in [1.807, 2.05) is 20.8 Å². The summed E-state index contributed by atoms with van der Waals surface area (Å²) in [5.74, 6) is -0.779. The molecule has 1 amide bonds. The molecule has 2 N–H and O–H groups in total. The first-order valence-corrected chi connectivity index (χ1v) is 7.58. The second-order valence-corrected chi connectivity index (χ2v) is 5.68. The van der Waals surface area contributed by atoms with Gasteiger partial charge in [-0.25, -0.2) is 9.78 Å². The zero-order valence-electron chi connectivity index (χ0n) is 14.2. The number of hydrogen-bond donors (Lipinski definition) is 2. The fraction of sp³-hybridized carbons (Fsp3) is 0.471. The molecular formula is C17H25N3O3. The number of amides is 1. The maximum atomic E-state index is 12.1. The van der Waals surface area contributed by atoms with Crippen LogP contribution in [0, 0.1) is 0 Å². The van der Waals surface area contributed by atoms with Crippen molar-refractivity contribution in [2.45, 2.75) is 46.1 Å². The van der Waals surface area contributed by atoms with Gasteiger partial charge in [0.15, 0.2) is 0 Å². The number of hydrogen-bond acceptors (Lipinski definition) is 4. The number of aromatic amines is 1. The summed E-state index contributed by atoms with van der Waals surface area (Å²) >= 11 is 0. The van der Waals surface area contributed by atoms with Crippen molar-refractivity contribution in [1.29, 1.82) is 0 Å². The van der Waals surface area contributed by atoms with Crippen molar-refractivity contribution in [3.05, 3.63) is 41.5 Å². The van der Waals surface area contributed by atoms with Crippen LogP contribution in [0.2, 0.25) is 0 Å². The van der Waals surface area contributed by atoms with Gasteiger partial charge < -0.3 is 15.0 Å². The number of carbonyl (C=O) groups excluding carboxylic acids is 2. The largest absolute Gasteiger partial charge is 0.467 e. The molecule has 23 heavy (non-hydrogen) atoms. The van der Waals surface area contributed by atoms with Gasteiger partial charge in [-0.05, 0) is 33.6 Å².